The predicted octanol–water partition coefficient (Wildman–Crippen LogP) is 0.880. The van der Waals surface area contributed by atoms with Crippen molar-refractivity contribution in [3.8, 4) is 0 Å². The third-order valence-corrected chi connectivity index (χ3v) is 0. The number of rotatable bonds is 0. The van der Waals surface area contributed by atoms with Crippen LogP contribution < -0.4 is 16.0 Å². The number of hydrogen-bond donors (Lipinski definition) is 3. The van der Waals surface area contributed by atoms with Crippen LogP contribution in [0.1, 0.15) is 20.8 Å². The minimum atomic E-state index is 0.590. The van der Waals surface area contributed by atoms with Crippen LogP contribution in [0.15, 0.2) is 0 Å². The summed E-state index contributed by atoms with van der Waals surface area (Å²) in [5.74, 6) is 0. The molecule has 0 fully saturated rings. The van der Waals surface area contributed by atoms with Gasteiger partial charge in [-0.3, -0.25) is 0 Å². The van der Waals surface area contributed by atoms with Gasteiger partial charge in [0.2, 0.25) is 0 Å². The molecular weight excluding hydrogens is 281 g/mol. The van der Waals surface area contributed by atoms with Gasteiger partial charge in [-0.15, -0.1) is 0 Å². The molecule has 3 radical (unpaired) electrons. The van der Waals surface area contributed by atoms with Crippen molar-refractivity contribution in [2.24, 2.45) is 0 Å². The molecule has 0 atom stereocenters. The summed E-state index contributed by atoms with van der Waals surface area (Å²) in [5.41, 5.74) is 0. The van der Waals surface area contributed by atoms with Gasteiger partial charge in [0.05, 0.1) is 0 Å². The Bertz CT molecular complexity index is 52.1. The molecular formula is C10H30N3Sn. The van der Waals surface area contributed by atoms with Gasteiger partial charge in [0.1, 0.15) is 0 Å². The quantitative estimate of drug-likeness (QED) is 0.581. The van der Waals surface area contributed by atoms with Crippen LogP contribution in [0.2, 0.25) is 3.43 Å². The van der Waals surface area contributed by atoms with E-state index in [2.05, 4.69) is 36.7 Å². The van der Waals surface area contributed by atoms with Crippen molar-refractivity contribution >= 4 is 22.5 Å². The molecule has 0 aliphatic carbocycles. The molecule has 0 spiro atoms. The van der Waals surface area contributed by atoms with Crippen molar-refractivity contribution in [3.05, 3.63) is 0 Å². The molecule has 3 N–H and O–H groups in total. The number of nitrogens with one attached hydrogen (secondary N) is 3. The summed E-state index contributed by atoms with van der Waals surface area (Å²) in [5, 5.41) is 8.25. The summed E-state index contributed by atoms with van der Waals surface area (Å²) in [4.78, 5) is 0. The topological polar surface area (TPSA) is 36.1 Å². The molecule has 4 heteroatoms. The van der Waals surface area contributed by atoms with E-state index in [1.807, 2.05) is 42.3 Å². The maximum absolute atomic E-state index is 2.75. The fraction of sp³-hybridized carbons (Fsp3) is 1.00. The van der Waals surface area contributed by atoms with Gasteiger partial charge < -0.3 is 16.0 Å². The van der Waals surface area contributed by atoms with Crippen LogP contribution in [0.5, 0.6) is 0 Å². The van der Waals surface area contributed by atoms with E-state index in [4.69, 9.17) is 0 Å². The molecule has 0 bridgehead atoms. The molecule has 0 aromatic carbocycles. The molecule has 0 unspecified atom stereocenters. The normalized spacial score (nSPS) is 8.14. The second-order valence-electron chi connectivity index (χ2n) is 3.75. The van der Waals surface area contributed by atoms with Crippen molar-refractivity contribution in [3.63, 3.8) is 0 Å². The second kappa shape index (κ2) is 23.5. The third kappa shape index (κ3) is 3750. The second-order valence-corrected chi connectivity index (χ2v) is 8.03. The van der Waals surface area contributed by atoms with Crippen LogP contribution in [-0.2, 0) is 0 Å². The Morgan fingerprint density at radius 3 is 0.643 bits per heavy atom. The zero-order chi connectivity index (χ0) is 12.6. The molecule has 3 nitrogen and oxygen atoms in total. The minimum absolute atomic E-state index is 0.590. The average Bonchev–Trinajstić information content (AvgIpc) is 1.86. The molecule has 0 saturated carbocycles. The van der Waals surface area contributed by atoms with Gasteiger partial charge in [-0.1, -0.05) is 0 Å². The van der Waals surface area contributed by atoms with E-state index in [0.29, 0.717) is 3.43 Å². The van der Waals surface area contributed by atoms with Crippen LogP contribution in [-0.4, -0.2) is 64.8 Å². The van der Waals surface area contributed by atoms with Crippen molar-refractivity contribution in [2.45, 2.75) is 24.2 Å². The Balaban J connectivity index is -0.0000000495. The fourth-order valence-corrected chi connectivity index (χ4v) is 0. The van der Waals surface area contributed by atoms with E-state index in [1.165, 1.54) is 0 Å². The van der Waals surface area contributed by atoms with Gasteiger partial charge in [0.25, 0.3) is 0 Å². The SMILES string of the molecule is CNC.CNC.CNC.C[C](C)(C)[Sn]. The fourth-order valence-electron chi connectivity index (χ4n) is 0. The molecule has 0 aromatic heterocycles. The van der Waals surface area contributed by atoms with Crippen LogP contribution in [0, 0.1) is 0 Å². The third-order valence-electron chi connectivity index (χ3n) is 0. The van der Waals surface area contributed by atoms with Crippen LogP contribution in [0.25, 0.3) is 0 Å². The summed E-state index contributed by atoms with van der Waals surface area (Å²) in [6, 6.07) is 0. The molecule has 0 saturated heterocycles. The molecule has 0 rings (SSSR count). The van der Waals surface area contributed by atoms with E-state index in [-0.39, 0.29) is 0 Å². The van der Waals surface area contributed by atoms with E-state index in [9.17, 15) is 0 Å². The van der Waals surface area contributed by atoms with E-state index < -0.39 is 0 Å². The zero-order valence-electron chi connectivity index (χ0n) is 11.5. The van der Waals surface area contributed by atoms with Crippen LogP contribution in [0.4, 0.5) is 0 Å². The molecule has 89 valence electrons. The summed E-state index contributed by atoms with van der Waals surface area (Å²) >= 11 is 1.62. The summed E-state index contributed by atoms with van der Waals surface area (Å²) < 4.78 is 0.590. The Hall–Kier alpha value is 0.679. The Morgan fingerprint density at radius 1 is 0.643 bits per heavy atom. The molecule has 0 aromatic rings. The van der Waals surface area contributed by atoms with Crippen molar-refractivity contribution in [1.82, 2.24) is 16.0 Å². The van der Waals surface area contributed by atoms with Crippen molar-refractivity contribution in [1.29, 1.82) is 0 Å². The van der Waals surface area contributed by atoms with Gasteiger partial charge in [0.15, 0.2) is 0 Å². The average molecular weight is 311 g/mol. The van der Waals surface area contributed by atoms with E-state index >= 15 is 0 Å². The molecule has 0 aliphatic rings. The number of hydrogen-bond acceptors (Lipinski definition) is 3. The first-order valence-corrected chi connectivity index (χ1v) is 6.18. The Morgan fingerprint density at radius 2 is 0.643 bits per heavy atom. The summed E-state index contributed by atoms with van der Waals surface area (Å²) in [6.45, 7) is 6.68. The molecule has 0 amide bonds. The van der Waals surface area contributed by atoms with Crippen LogP contribution in [0.3, 0.4) is 0 Å². The van der Waals surface area contributed by atoms with E-state index in [0.717, 1.165) is 0 Å². The monoisotopic (exact) mass is 312 g/mol. The van der Waals surface area contributed by atoms with Gasteiger partial charge in [-0.2, -0.15) is 0 Å². The Kier molecular flexibility index (Phi) is 40.4. The van der Waals surface area contributed by atoms with Gasteiger partial charge in [0, 0.05) is 0 Å². The first-order valence-electron chi connectivity index (χ1n) is 4.75. The van der Waals surface area contributed by atoms with Crippen molar-refractivity contribution in [2.75, 3.05) is 42.3 Å². The Labute approximate surface area is 105 Å². The van der Waals surface area contributed by atoms with Crippen molar-refractivity contribution < 1.29 is 0 Å². The summed E-state index contributed by atoms with van der Waals surface area (Å²) in [6.07, 6.45) is 0. The predicted molar refractivity (Wildman–Crippen MR) is 70.4 cm³/mol. The van der Waals surface area contributed by atoms with E-state index in [1.54, 1.807) is 22.5 Å². The van der Waals surface area contributed by atoms with Gasteiger partial charge in [-0.25, -0.2) is 0 Å². The molecule has 0 heterocycles. The standard InChI is InChI=1S/C4H9.3C2H7N.Sn/c1-4(2)3;3*1-3-2;/h1-3H3;3*3H,1-2H3;. The first-order chi connectivity index (χ1) is 6.24. The van der Waals surface area contributed by atoms with Gasteiger partial charge >= 0.3 is 46.7 Å². The van der Waals surface area contributed by atoms with Gasteiger partial charge in [-0.05, 0) is 42.3 Å². The summed E-state index contributed by atoms with van der Waals surface area (Å²) in [7, 11) is 11.2. The molecule has 0 aliphatic heterocycles. The zero-order valence-corrected chi connectivity index (χ0v) is 14.4. The first kappa shape index (κ1) is 24.1. The van der Waals surface area contributed by atoms with Crippen LogP contribution >= 0.6 is 0 Å². The maximum atomic E-state index is 2.75. The molecule has 14 heavy (non-hydrogen) atoms.